The zero-order chi connectivity index (χ0) is 12.8. The van der Waals surface area contributed by atoms with E-state index in [1.807, 2.05) is 0 Å². The van der Waals surface area contributed by atoms with Crippen LogP contribution in [0.1, 0.15) is 11.7 Å². The van der Waals surface area contributed by atoms with Crippen molar-refractivity contribution in [2.45, 2.75) is 6.10 Å². The SMILES string of the molecule is CS(=O)CCNCC(O)c1cc(Cl)ccc1Cl. The first-order chi connectivity index (χ1) is 8.00. The summed E-state index contributed by atoms with van der Waals surface area (Å²) in [6.07, 6.45) is 0.929. The molecule has 2 N–H and O–H groups in total. The minimum Gasteiger partial charge on any atom is -0.387 e. The number of rotatable bonds is 6. The topological polar surface area (TPSA) is 49.3 Å². The van der Waals surface area contributed by atoms with E-state index < -0.39 is 16.9 Å². The molecular weight excluding hydrogens is 281 g/mol. The summed E-state index contributed by atoms with van der Waals surface area (Å²) < 4.78 is 10.8. The highest BCUT2D eigenvalue weighted by Gasteiger charge is 2.11. The molecule has 17 heavy (non-hydrogen) atoms. The number of hydrogen-bond donors (Lipinski definition) is 2. The molecule has 0 aliphatic heterocycles. The van der Waals surface area contributed by atoms with E-state index in [0.29, 0.717) is 34.5 Å². The van der Waals surface area contributed by atoms with Crippen molar-refractivity contribution in [1.82, 2.24) is 5.32 Å². The quantitative estimate of drug-likeness (QED) is 0.789. The van der Waals surface area contributed by atoms with E-state index in [1.165, 1.54) is 0 Å². The lowest BCUT2D eigenvalue weighted by Crippen LogP contribution is -2.25. The molecule has 0 aliphatic rings. The predicted molar refractivity (Wildman–Crippen MR) is 73.2 cm³/mol. The van der Waals surface area contributed by atoms with Crippen LogP contribution in [-0.4, -0.2) is 34.4 Å². The van der Waals surface area contributed by atoms with Gasteiger partial charge < -0.3 is 10.4 Å². The summed E-state index contributed by atoms with van der Waals surface area (Å²) in [7, 11) is -0.824. The lowest BCUT2D eigenvalue weighted by Gasteiger charge is -2.13. The molecule has 2 atom stereocenters. The number of halogens is 2. The van der Waals surface area contributed by atoms with Gasteiger partial charge in [-0.1, -0.05) is 23.2 Å². The van der Waals surface area contributed by atoms with Gasteiger partial charge in [0.2, 0.25) is 0 Å². The van der Waals surface area contributed by atoms with Gasteiger partial charge in [0.1, 0.15) is 0 Å². The van der Waals surface area contributed by atoms with Crippen molar-refractivity contribution < 1.29 is 9.32 Å². The average molecular weight is 296 g/mol. The Balaban J connectivity index is 2.49. The van der Waals surface area contributed by atoms with E-state index in [-0.39, 0.29) is 0 Å². The van der Waals surface area contributed by atoms with Crippen LogP contribution >= 0.6 is 23.2 Å². The van der Waals surface area contributed by atoms with E-state index in [1.54, 1.807) is 24.5 Å². The summed E-state index contributed by atoms with van der Waals surface area (Å²) in [5, 5.41) is 14.0. The molecule has 0 spiro atoms. The number of aliphatic hydroxyl groups is 1. The van der Waals surface area contributed by atoms with Crippen LogP contribution < -0.4 is 5.32 Å². The van der Waals surface area contributed by atoms with Crippen LogP contribution in [-0.2, 0) is 10.8 Å². The van der Waals surface area contributed by atoms with Crippen LogP contribution in [0.15, 0.2) is 18.2 Å². The van der Waals surface area contributed by atoms with E-state index in [2.05, 4.69) is 5.32 Å². The molecule has 0 aromatic heterocycles. The monoisotopic (exact) mass is 295 g/mol. The summed E-state index contributed by atoms with van der Waals surface area (Å²) in [5.74, 6) is 0.565. The molecule has 1 aromatic rings. The van der Waals surface area contributed by atoms with Gasteiger partial charge in [-0.15, -0.1) is 0 Å². The van der Waals surface area contributed by atoms with Gasteiger partial charge in [0, 0.05) is 51.5 Å². The van der Waals surface area contributed by atoms with Gasteiger partial charge in [0.25, 0.3) is 0 Å². The third-order valence-corrected chi connectivity index (χ3v) is 3.58. The first-order valence-electron chi connectivity index (χ1n) is 5.14. The minimum atomic E-state index is -0.824. The van der Waals surface area contributed by atoms with Gasteiger partial charge in [-0.2, -0.15) is 0 Å². The maximum absolute atomic E-state index is 10.8. The standard InChI is InChI=1S/C11H15Cl2NO2S/c1-17(16)5-4-14-7-11(15)9-6-8(12)2-3-10(9)13/h2-3,6,11,14-15H,4-5,7H2,1H3. The zero-order valence-corrected chi connectivity index (χ0v) is 11.8. The summed E-state index contributed by atoms with van der Waals surface area (Å²) >= 11 is 11.8. The largest absolute Gasteiger partial charge is 0.387 e. The molecule has 0 radical (unpaired) electrons. The third kappa shape index (κ3) is 5.36. The summed E-state index contributed by atoms with van der Waals surface area (Å²) in [6.45, 7) is 0.954. The Morgan fingerprint density at radius 3 is 2.82 bits per heavy atom. The Labute approximate surface area is 114 Å². The van der Waals surface area contributed by atoms with Crippen molar-refractivity contribution in [3.63, 3.8) is 0 Å². The van der Waals surface area contributed by atoms with Crippen LogP contribution in [0.25, 0.3) is 0 Å². The van der Waals surface area contributed by atoms with Gasteiger partial charge in [0.15, 0.2) is 0 Å². The van der Waals surface area contributed by atoms with Crippen molar-refractivity contribution in [3.05, 3.63) is 33.8 Å². The second-order valence-electron chi connectivity index (χ2n) is 3.66. The Morgan fingerprint density at radius 2 is 2.18 bits per heavy atom. The minimum absolute atomic E-state index is 0.358. The fourth-order valence-corrected chi connectivity index (χ4v) is 2.19. The average Bonchev–Trinajstić information content (AvgIpc) is 2.27. The Hall–Kier alpha value is -0.130. The van der Waals surface area contributed by atoms with E-state index in [0.717, 1.165) is 0 Å². The normalized spacial score (nSPS) is 14.6. The highest BCUT2D eigenvalue weighted by atomic mass is 35.5. The van der Waals surface area contributed by atoms with Gasteiger partial charge in [-0.05, 0) is 18.2 Å². The molecule has 0 aliphatic carbocycles. The smallest absolute Gasteiger partial charge is 0.0929 e. The molecule has 0 fully saturated rings. The molecule has 1 aromatic carbocycles. The lowest BCUT2D eigenvalue weighted by atomic mass is 10.1. The lowest BCUT2D eigenvalue weighted by molar-refractivity contribution is 0.176. The highest BCUT2D eigenvalue weighted by Crippen LogP contribution is 2.25. The number of hydrogen-bond acceptors (Lipinski definition) is 3. The van der Waals surface area contributed by atoms with Crippen LogP contribution in [0.4, 0.5) is 0 Å². The molecule has 0 bridgehead atoms. The summed E-state index contributed by atoms with van der Waals surface area (Å²) in [5.41, 5.74) is 0.601. The second kappa shape index (κ2) is 7.34. The molecule has 0 saturated carbocycles. The molecule has 2 unspecified atom stereocenters. The van der Waals surface area contributed by atoms with E-state index in [9.17, 15) is 9.32 Å². The number of aliphatic hydroxyl groups excluding tert-OH is 1. The zero-order valence-electron chi connectivity index (χ0n) is 9.45. The fourth-order valence-electron chi connectivity index (χ4n) is 1.33. The summed E-state index contributed by atoms with van der Waals surface area (Å²) in [6, 6.07) is 4.98. The van der Waals surface area contributed by atoms with Crippen molar-refractivity contribution in [3.8, 4) is 0 Å². The first-order valence-corrected chi connectivity index (χ1v) is 7.62. The summed E-state index contributed by atoms with van der Waals surface area (Å²) in [4.78, 5) is 0. The van der Waals surface area contributed by atoms with Crippen LogP contribution in [0, 0.1) is 0 Å². The van der Waals surface area contributed by atoms with Crippen LogP contribution in [0.3, 0.4) is 0 Å². The van der Waals surface area contributed by atoms with E-state index in [4.69, 9.17) is 23.2 Å². The first kappa shape index (κ1) is 14.9. The van der Waals surface area contributed by atoms with Crippen molar-refractivity contribution >= 4 is 34.0 Å². The maximum Gasteiger partial charge on any atom is 0.0929 e. The van der Waals surface area contributed by atoms with Crippen LogP contribution in [0.2, 0.25) is 10.0 Å². The van der Waals surface area contributed by atoms with Gasteiger partial charge in [0.05, 0.1) is 6.10 Å². The van der Waals surface area contributed by atoms with Crippen molar-refractivity contribution in [1.29, 1.82) is 0 Å². The van der Waals surface area contributed by atoms with Gasteiger partial charge >= 0.3 is 0 Å². The molecule has 0 saturated heterocycles. The molecule has 0 heterocycles. The number of nitrogens with one attached hydrogen (secondary N) is 1. The molecule has 3 nitrogen and oxygen atoms in total. The third-order valence-electron chi connectivity index (χ3n) is 2.22. The fraction of sp³-hybridized carbons (Fsp3) is 0.455. The van der Waals surface area contributed by atoms with Gasteiger partial charge in [-0.3, -0.25) is 4.21 Å². The van der Waals surface area contributed by atoms with Crippen molar-refractivity contribution in [2.24, 2.45) is 0 Å². The molecule has 1 rings (SSSR count). The van der Waals surface area contributed by atoms with Crippen molar-refractivity contribution in [2.75, 3.05) is 25.1 Å². The second-order valence-corrected chi connectivity index (χ2v) is 6.06. The molecule has 96 valence electrons. The van der Waals surface area contributed by atoms with Crippen LogP contribution in [0.5, 0.6) is 0 Å². The number of benzene rings is 1. The highest BCUT2D eigenvalue weighted by molar-refractivity contribution is 7.84. The molecule has 6 heteroatoms. The Morgan fingerprint density at radius 1 is 1.47 bits per heavy atom. The van der Waals surface area contributed by atoms with E-state index >= 15 is 0 Å². The Kier molecular flexibility index (Phi) is 6.44. The molecule has 0 amide bonds. The maximum atomic E-state index is 10.8. The predicted octanol–water partition coefficient (Wildman–Crippen LogP) is 1.99. The molecular formula is C11H15Cl2NO2S. The van der Waals surface area contributed by atoms with Gasteiger partial charge in [-0.25, -0.2) is 0 Å². The Bertz CT molecular complexity index is 401.